The lowest BCUT2D eigenvalue weighted by atomic mass is 10.1. The first kappa shape index (κ1) is 14.0. The van der Waals surface area contributed by atoms with Crippen LogP contribution in [0.3, 0.4) is 0 Å². The minimum Gasteiger partial charge on any atom is -0.329 e. The summed E-state index contributed by atoms with van der Waals surface area (Å²) in [6, 6.07) is 8.36. The van der Waals surface area contributed by atoms with Crippen LogP contribution < -0.4 is 10.6 Å². The molecule has 1 aliphatic rings. The van der Waals surface area contributed by atoms with Crippen molar-refractivity contribution in [3.05, 3.63) is 47.4 Å². The summed E-state index contributed by atoms with van der Waals surface area (Å²) in [5.41, 5.74) is 10.5. The second-order valence-corrected chi connectivity index (χ2v) is 5.61. The molecule has 4 nitrogen and oxygen atoms in total. The Morgan fingerprint density at radius 1 is 1.05 bits per heavy atom. The first-order valence-corrected chi connectivity index (χ1v) is 7.65. The van der Waals surface area contributed by atoms with Crippen LogP contribution in [-0.4, -0.2) is 17.0 Å². The molecule has 0 unspecified atom stereocenters. The highest BCUT2D eigenvalue weighted by atomic mass is 15.2. The number of hydrogen-bond acceptors (Lipinski definition) is 4. The van der Waals surface area contributed by atoms with Gasteiger partial charge in [0.25, 0.3) is 0 Å². The zero-order valence-corrected chi connectivity index (χ0v) is 12.5. The number of nitrogens with zero attached hydrogens (tertiary/aromatic N) is 3. The first-order chi connectivity index (χ1) is 10.3. The summed E-state index contributed by atoms with van der Waals surface area (Å²) in [5, 5.41) is 0. The molecule has 2 N–H and O–H groups in total. The second kappa shape index (κ2) is 6.22. The van der Waals surface area contributed by atoms with Gasteiger partial charge in [0.05, 0.1) is 0 Å². The van der Waals surface area contributed by atoms with Gasteiger partial charge in [0, 0.05) is 30.5 Å². The molecule has 0 spiro atoms. The van der Waals surface area contributed by atoms with Gasteiger partial charge in [-0.1, -0.05) is 18.6 Å². The molecule has 0 radical (unpaired) electrons. The third kappa shape index (κ3) is 2.90. The van der Waals surface area contributed by atoms with Crippen LogP contribution in [0.4, 0.5) is 11.5 Å². The van der Waals surface area contributed by atoms with Crippen molar-refractivity contribution in [2.75, 3.05) is 11.9 Å². The lowest BCUT2D eigenvalue weighted by molar-refractivity contribution is 0.708. The highest BCUT2D eigenvalue weighted by Crippen LogP contribution is 2.30. The van der Waals surface area contributed by atoms with Gasteiger partial charge in [-0.3, -0.25) is 0 Å². The molecule has 2 aromatic rings. The van der Waals surface area contributed by atoms with Gasteiger partial charge in [-0.2, -0.15) is 0 Å². The van der Waals surface area contributed by atoms with E-state index in [4.69, 9.17) is 5.73 Å². The molecule has 1 aliphatic carbocycles. The molecule has 0 bridgehead atoms. The normalized spacial score (nSPS) is 14.4. The molecular formula is C17H22N4. The Hall–Kier alpha value is -1.94. The molecule has 21 heavy (non-hydrogen) atoms. The number of aryl methyl sites for hydroxylation is 1. The van der Waals surface area contributed by atoms with E-state index in [0.717, 1.165) is 29.9 Å². The van der Waals surface area contributed by atoms with E-state index in [1.165, 1.54) is 30.5 Å². The molecule has 3 rings (SSSR count). The summed E-state index contributed by atoms with van der Waals surface area (Å²) >= 11 is 0. The van der Waals surface area contributed by atoms with Crippen molar-refractivity contribution in [1.82, 2.24) is 9.97 Å². The van der Waals surface area contributed by atoms with Crippen molar-refractivity contribution in [3.8, 4) is 0 Å². The standard InChI is InChI=1S/C17H22N4/c1-21(14-9-7-13(11-18)8-10-14)17-15-5-3-2-4-6-16(15)19-12-20-17/h7-10,12H,2-6,11,18H2,1H3. The van der Waals surface area contributed by atoms with Crippen molar-refractivity contribution in [2.45, 2.75) is 38.6 Å². The average molecular weight is 282 g/mol. The third-order valence-corrected chi connectivity index (χ3v) is 4.23. The Morgan fingerprint density at radius 3 is 2.57 bits per heavy atom. The second-order valence-electron chi connectivity index (χ2n) is 5.61. The molecular weight excluding hydrogens is 260 g/mol. The number of benzene rings is 1. The van der Waals surface area contributed by atoms with E-state index in [-0.39, 0.29) is 0 Å². The van der Waals surface area contributed by atoms with E-state index >= 15 is 0 Å². The van der Waals surface area contributed by atoms with Gasteiger partial charge in [-0.15, -0.1) is 0 Å². The number of aromatic nitrogens is 2. The maximum absolute atomic E-state index is 5.66. The highest BCUT2D eigenvalue weighted by molar-refractivity contribution is 5.63. The Bertz CT molecular complexity index is 607. The minimum atomic E-state index is 0.576. The molecule has 0 amide bonds. The summed E-state index contributed by atoms with van der Waals surface area (Å²) in [6.45, 7) is 0.576. The molecule has 1 aromatic heterocycles. The Balaban J connectivity index is 1.95. The molecule has 110 valence electrons. The van der Waals surface area contributed by atoms with Gasteiger partial charge in [-0.25, -0.2) is 9.97 Å². The van der Waals surface area contributed by atoms with Gasteiger partial charge >= 0.3 is 0 Å². The summed E-state index contributed by atoms with van der Waals surface area (Å²) in [6.07, 6.45) is 7.60. The maximum atomic E-state index is 5.66. The number of anilines is 2. The molecule has 0 aliphatic heterocycles. The Kier molecular flexibility index (Phi) is 4.15. The van der Waals surface area contributed by atoms with Crippen molar-refractivity contribution in [3.63, 3.8) is 0 Å². The van der Waals surface area contributed by atoms with Gasteiger partial charge in [0.2, 0.25) is 0 Å². The molecule has 1 heterocycles. The van der Waals surface area contributed by atoms with Crippen LogP contribution in [0, 0.1) is 0 Å². The zero-order chi connectivity index (χ0) is 14.7. The Labute approximate surface area is 126 Å². The molecule has 0 saturated heterocycles. The highest BCUT2D eigenvalue weighted by Gasteiger charge is 2.17. The van der Waals surface area contributed by atoms with E-state index < -0.39 is 0 Å². The SMILES string of the molecule is CN(c1ccc(CN)cc1)c1ncnc2c1CCCCC2. The van der Waals surface area contributed by atoms with E-state index in [2.05, 4.69) is 46.2 Å². The van der Waals surface area contributed by atoms with Crippen molar-refractivity contribution < 1.29 is 0 Å². The molecule has 0 saturated carbocycles. The summed E-state index contributed by atoms with van der Waals surface area (Å²) < 4.78 is 0. The fourth-order valence-corrected chi connectivity index (χ4v) is 2.95. The van der Waals surface area contributed by atoms with Crippen LogP contribution in [0.2, 0.25) is 0 Å². The smallest absolute Gasteiger partial charge is 0.139 e. The predicted octanol–water partition coefficient (Wildman–Crippen LogP) is 2.97. The van der Waals surface area contributed by atoms with Crippen LogP contribution >= 0.6 is 0 Å². The van der Waals surface area contributed by atoms with Crippen molar-refractivity contribution in [1.29, 1.82) is 0 Å². The zero-order valence-electron chi connectivity index (χ0n) is 12.5. The molecule has 0 fully saturated rings. The fraction of sp³-hybridized carbons (Fsp3) is 0.412. The first-order valence-electron chi connectivity index (χ1n) is 7.65. The largest absolute Gasteiger partial charge is 0.329 e. The van der Waals surface area contributed by atoms with Gasteiger partial charge in [0.1, 0.15) is 12.1 Å². The van der Waals surface area contributed by atoms with Gasteiger partial charge < -0.3 is 10.6 Å². The van der Waals surface area contributed by atoms with E-state index in [1.807, 2.05) is 0 Å². The number of hydrogen-bond donors (Lipinski definition) is 1. The van der Waals surface area contributed by atoms with Crippen LogP contribution in [0.5, 0.6) is 0 Å². The lowest BCUT2D eigenvalue weighted by Gasteiger charge is -2.22. The van der Waals surface area contributed by atoms with E-state index in [9.17, 15) is 0 Å². The van der Waals surface area contributed by atoms with Crippen LogP contribution in [0.15, 0.2) is 30.6 Å². The number of nitrogens with two attached hydrogens (primary N) is 1. The van der Waals surface area contributed by atoms with E-state index in [1.54, 1.807) is 6.33 Å². The Morgan fingerprint density at radius 2 is 1.81 bits per heavy atom. The minimum absolute atomic E-state index is 0.576. The number of fused-ring (bicyclic) bond motifs is 1. The molecule has 0 atom stereocenters. The van der Waals surface area contributed by atoms with E-state index in [0.29, 0.717) is 6.54 Å². The monoisotopic (exact) mass is 282 g/mol. The average Bonchev–Trinajstić information content (AvgIpc) is 2.79. The fourth-order valence-electron chi connectivity index (χ4n) is 2.95. The summed E-state index contributed by atoms with van der Waals surface area (Å²) in [4.78, 5) is 11.2. The predicted molar refractivity (Wildman–Crippen MR) is 85.7 cm³/mol. The summed E-state index contributed by atoms with van der Waals surface area (Å²) in [5.74, 6) is 1.04. The van der Waals surface area contributed by atoms with Crippen LogP contribution in [0.25, 0.3) is 0 Å². The van der Waals surface area contributed by atoms with Crippen molar-refractivity contribution >= 4 is 11.5 Å². The van der Waals surface area contributed by atoms with Crippen LogP contribution in [-0.2, 0) is 19.4 Å². The van der Waals surface area contributed by atoms with Crippen molar-refractivity contribution in [2.24, 2.45) is 5.73 Å². The molecule has 1 aromatic carbocycles. The van der Waals surface area contributed by atoms with Gasteiger partial charge in [0.15, 0.2) is 0 Å². The topological polar surface area (TPSA) is 55.0 Å². The maximum Gasteiger partial charge on any atom is 0.139 e. The lowest BCUT2D eigenvalue weighted by Crippen LogP contribution is -2.15. The molecule has 4 heteroatoms. The quantitative estimate of drug-likeness (QED) is 0.879. The summed E-state index contributed by atoms with van der Waals surface area (Å²) in [7, 11) is 2.07. The van der Waals surface area contributed by atoms with Crippen LogP contribution in [0.1, 0.15) is 36.1 Å². The van der Waals surface area contributed by atoms with Gasteiger partial charge in [-0.05, 0) is 43.4 Å². The third-order valence-electron chi connectivity index (χ3n) is 4.23. The number of rotatable bonds is 3.